The van der Waals surface area contributed by atoms with Crippen molar-refractivity contribution >= 4 is 5.97 Å². The van der Waals surface area contributed by atoms with Crippen LogP contribution in [0.25, 0.3) is 0 Å². The van der Waals surface area contributed by atoms with Gasteiger partial charge in [0.25, 0.3) is 0 Å². The van der Waals surface area contributed by atoms with Crippen LogP contribution in [0.15, 0.2) is 11.6 Å². The fourth-order valence-corrected chi connectivity index (χ4v) is 1.90. The predicted octanol–water partition coefficient (Wildman–Crippen LogP) is 3.07. The third-order valence-corrected chi connectivity index (χ3v) is 3.11. The van der Waals surface area contributed by atoms with E-state index < -0.39 is 0 Å². The molecule has 0 aromatic heterocycles. The minimum Gasteiger partial charge on any atom is -0.459 e. The summed E-state index contributed by atoms with van der Waals surface area (Å²) in [6.45, 7) is 5.66. The first kappa shape index (κ1) is 11.3. The van der Waals surface area contributed by atoms with Gasteiger partial charge in [0, 0.05) is 5.57 Å². The zero-order valence-electron chi connectivity index (χ0n) is 9.38. The Morgan fingerprint density at radius 1 is 1.43 bits per heavy atom. The zero-order valence-corrected chi connectivity index (χ0v) is 9.38. The monoisotopic (exact) mass is 196 g/mol. The molecule has 1 saturated carbocycles. The van der Waals surface area contributed by atoms with Crippen molar-refractivity contribution in [3.8, 4) is 0 Å². The van der Waals surface area contributed by atoms with Gasteiger partial charge in [0.15, 0.2) is 0 Å². The second-order valence-electron chi connectivity index (χ2n) is 4.13. The third kappa shape index (κ3) is 2.86. The maximum absolute atomic E-state index is 11.5. The molecule has 1 fully saturated rings. The van der Waals surface area contributed by atoms with Crippen molar-refractivity contribution in [3.63, 3.8) is 0 Å². The summed E-state index contributed by atoms with van der Waals surface area (Å²) in [7, 11) is 0. The van der Waals surface area contributed by atoms with E-state index in [-0.39, 0.29) is 12.1 Å². The molecule has 0 aromatic rings. The number of hydrogen-bond acceptors (Lipinski definition) is 2. The lowest BCUT2D eigenvalue weighted by Crippen LogP contribution is -2.22. The van der Waals surface area contributed by atoms with E-state index in [9.17, 15) is 4.79 Å². The molecule has 0 N–H and O–H groups in total. The topological polar surface area (TPSA) is 26.3 Å². The Bertz CT molecular complexity index is 224. The second-order valence-corrected chi connectivity index (χ2v) is 4.13. The van der Waals surface area contributed by atoms with Gasteiger partial charge >= 0.3 is 5.97 Å². The van der Waals surface area contributed by atoms with Crippen LogP contribution < -0.4 is 0 Å². The van der Waals surface area contributed by atoms with Crippen LogP contribution in [0.3, 0.4) is 0 Å². The largest absolute Gasteiger partial charge is 0.459 e. The highest BCUT2D eigenvalue weighted by Crippen LogP contribution is 2.29. The predicted molar refractivity (Wildman–Crippen MR) is 56.9 cm³/mol. The lowest BCUT2D eigenvalue weighted by Gasteiger charge is -2.19. The van der Waals surface area contributed by atoms with Gasteiger partial charge in [0.2, 0.25) is 0 Å². The SMILES string of the molecule is CC=C(C)C(=O)OC(C)C1CCCC1. The minimum atomic E-state index is -0.160. The molecule has 1 rings (SSSR count). The van der Waals surface area contributed by atoms with Crippen molar-refractivity contribution in [2.24, 2.45) is 5.92 Å². The molecule has 0 aromatic carbocycles. The second kappa shape index (κ2) is 5.18. The summed E-state index contributed by atoms with van der Waals surface area (Å²) < 4.78 is 5.38. The number of carbonyl (C=O) groups is 1. The van der Waals surface area contributed by atoms with E-state index >= 15 is 0 Å². The molecule has 1 unspecified atom stereocenters. The van der Waals surface area contributed by atoms with Gasteiger partial charge in [-0.2, -0.15) is 0 Å². The molecule has 14 heavy (non-hydrogen) atoms. The number of allylic oxidation sites excluding steroid dienone is 1. The van der Waals surface area contributed by atoms with E-state index in [1.165, 1.54) is 25.7 Å². The van der Waals surface area contributed by atoms with Crippen molar-refractivity contribution in [2.75, 3.05) is 0 Å². The maximum atomic E-state index is 11.5. The van der Waals surface area contributed by atoms with E-state index in [1.807, 2.05) is 13.8 Å². The Balaban J connectivity index is 2.39. The molecular weight excluding hydrogens is 176 g/mol. The van der Waals surface area contributed by atoms with Crippen molar-refractivity contribution < 1.29 is 9.53 Å². The molecule has 80 valence electrons. The fraction of sp³-hybridized carbons (Fsp3) is 0.750. The van der Waals surface area contributed by atoms with Crippen LogP contribution in [0.4, 0.5) is 0 Å². The van der Waals surface area contributed by atoms with Crippen LogP contribution in [0.2, 0.25) is 0 Å². The summed E-state index contributed by atoms with van der Waals surface area (Å²) in [4.78, 5) is 11.5. The maximum Gasteiger partial charge on any atom is 0.333 e. The molecule has 0 heterocycles. The summed E-state index contributed by atoms with van der Waals surface area (Å²) in [6.07, 6.45) is 6.88. The molecule has 2 nitrogen and oxygen atoms in total. The Kier molecular flexibility index (Phi) is 4.18. The molecule has 1 atom stereocenters. The Morgan fingerprint density at radius 2 is 2.00 bits per heavy atom. The van der Waals surface area contributed by atoms with Gasteiger partial charge in [-0.05, 0) is 39.5 Å². The summed E-state index contributed by atoms with van der Waals surface area (Å²) in [6, 6.07) is 0. The average Bonchev–Trinajstić information content (AvgIpc) is 2.69. The lowest BCUT2D eigenvalue weighted by molar-refractivity contribution is -0.145. The Labute approximate surface area is 86.3 Å². The molecule has 1 aliphatic rings. The van der Waals surface area contributed by atoms with Crippen molar-refractivity contribution in [1.29, 1.82) is 0 Å². The number of esters is 1. The van der Waals surface area contributed by atoms with E-state index in [2.05, 4.69) is 0 Å². The van der Waals surface area contributed by atoms with E-state index in [4.69, 9.17) is 4.74 Å². The first-order valence-corrected chi connectivity index (χ1v) is 5.49. The van der Waals surface area contributed by atoms with Gasteiger partial charge in [-0.15, -0.1) is 0 Å². The molecule has 0 bridgehead atoms. The first-order valence-electron chi connectivity index (χ1n) is 5.49. The number of carbonyl (C=O) groups excluding carboxylic acids is 1. The normalized spacial score (nSPS) is 20.9. The summed E-state index contributed by atoms with van der Waals surface area (Å²) in [5.74, 6) is 0.426. The lowest BCUT2D eigenvalue weighted by atomic mass is 10.0. The molecule has 0 aliphatic heterocycles. The van der Waals surface area contributed by atoms with Crippen LogP contribution in [0, 0.1) is 5.92 Å². The highest BCUT2D eigenvalue weighted by molar-refractivity contribution is 5.87. The summed E-state index contributed by atoms with van der Waals surface area (Å²) in [5.41, 5.74) is 0.704. The van der Waals surface area contributed by atoms with Crippen LogP contribution in [-0.4, -0.2) is 12.1 Å². The van der Waals surface area contributed by atoms with Crippen molar-refractivity contribution in [2.45, 2.75) is 52.6 Å². The average molecular weight is 196 g/mol. The number of ether oxygens (including phenoxy) is 1. The Hall–Kier alpha value is -0.790. The van der Waals surface area contributed by atoms with E-state index in [1.54, 1.807) is 13.0 Å². The van der Waals surface area contributed by atoms with Crippen molar-refractivity contribution in [1.82, 2.24) is 0 Å². The van der Waals surface area contributed by atoms with Gasteiger partial charge in [-0.3, -0.25) is 0 Å². The molecular formula is C12H20O2. The van der Waals surface area contributed by atoms with E-state index in [0.717, 1.165) is 0 Å². The third-order valence-electron chi connectivity index (χ3n) is 3.11. The number of rotatable bonds is 3. The quantitative estimate of drug-likeness (QED) is 0.512. The van der Waals surface area contributed by atoms with Crippen LogP contribution in [0.5, 0.6) is 0 Å². The molecule has 0 spiro atoms. The molecule has 2 heteroatoms. The first-order chi connectivity index (χ1) is 6.65. The highest BCUT2D eigenvalue weighted by atomic mass is 16.5. The van der Waals surface area contributed by atoms with Crippen LogP contribution >= 0.6 is 0 Å². The van der Waals surface area contributed by atoms with Crippen molar-refractivity contribution in [3.05, 3.63) is 11.6 Å². The molecule has 1 aliphatic carbocycles. The molecule has 0 saturated heterocycles. The Morgan fingerprint density at radius 3 is 2.50 bits per heavy atom. The van der Waals surface area contributed by atoms with Crippen LogP contribution in [0.1, 0.15) is 46.5 Å². The number of hydrogen-bond donors (Lipinski definition) is 0. The van der Waals surface area contributed by atoms with Gasteiger partial charge < -0.3 is 4.74 Å². The smallest absolute Gasteiger partial charge is 0.333 e. The van der Waals surface area contributed by atoms with E-state index in [0.29, 0.717) is 11.5 Å². The van der Waals surface area contributed by atoms with Gasteiger partial charge in [-0.25, -0.2) is 4.79 Å². The van der Waals surface area contributed by atoms with Crippen LogP contribution in [-0.2, 0) is 9.53 Å². The van der Waals surface area contributed by atoms with Gasteiger partial charge in [0.05, 0.1) is 0 Å². The minimum absolute atomic E-state index is 0.0832. The standard InChI is InChI=1S/C12H20O2/c1-4-9(2)12(13)14-10(3)11-7-5-6-8-11/h4,10-11H,5-8H2,1-3H3. The zero-order chi connectivity index (χ0) is 10.6. The van der Waals surface area contributed by atoms with Gasteiger partial charge in [-0.1, -0.05) is 18.9 Å². The fourth-order valence-electron chi connectivity index (χ4n) is 1.90. The highest BCUT2D eigenvalue weighted by Gasteiger charge is 2.24. The summed E-state index contributed by atoms with van der Waals surface area (Å²) >= 11 is 0. The molecule has 0 amide bonds. The summed E-state index contributed by atoms with van der Waals surface area (Å²) in [5, 5.41) is 0. The van der Waals surface area contributed by atoms with Gasteiger partial charge in [0.1, 0.15) is 6.10 Å². The molecule has 0 radical (unpaired) electrons.